The molecule has 1 amide bonds. The third-order valence-corrected chi connectivity index (χ3v) is 4.28. The number of ether oxygens (including phenoxy) is 2. The molecule has 1 aliphatic rings. The number of amides is 1. The van der Waals surface area contributed by atoms with Gasteiger partial charge in [0.25, 0.3) is 0 Å². The van der Waals surface area contributed by atoms with Gasteiger partial charge in [0.2, 0.25) is 5.91 Å². The Labute approximate surface area is 136 Å². The summed E-state index contributed by atoms with van der Waals surface area (Å²) in [6.45, 7) is 1.72. The van der Waals surface area contributed by atoms with Crippen LogP contribution in [0.5, 0.6) is 0 Å². The molecule has 1 heterocycles. The molecule has 0 aliphatic carbocycles. The molecule has 1 fully saturated rings. The average Bonchev–Trinajstić information content (AvgIpc) is 2.55. The van der Waals surface area contributed by atoms with Crippen LogP contribution in [-0.4, -0.2) is 38.8 Å². The lowest BCUT2D eigenvalue weighted by atomic mass is 9.92. The Hall–Kier alpha value is -1.14. The molecule has 1 aromatic rings. The molecule has 0 bridgehead atoms. The van der Waals surface area contributed by atoms with E-state index in [9.17, 15) is 4.79 Å². The number of benzene rings is 1. The molecule has 1 aromatic carbocycles. The zero-order valence-corrected chi connectivity index (χ0v) is 13.5. The summed E-state index contributed by atoms with van der Waals surface area (Å²) in [5, 5.41) is 3.52. The van der Waals surface area contributed by atoms with Gasteiger partial charge >= 0.3 is 0 Å². The molecule has 1 aliphatic heterocycles. The van der Waals surface area contributed by atoms with Crippen LogP contribution < -0.4 is 11.1 Å². The number of nitrogens with two attached hydrogens (primary N) is 1. The summed E-state index contributed by atoms with van der Waals surface area (Å²) in [6.07, 6.45) is 1.41. The normalized spacial score (nSPS) is 18.7. The topological polar surface area (TPSA) is 73.6 Å². The maximum absolute atomic E-state index is 12.2. The van der Waals surface area contributed by atoms with Gasteiger partial charge in [0, 0.05) is 31.9 Å². The number of carbonyl (C=O) groups excluding carboxylic acids is 1. The van der Waals surface area contributed by atoms with E-state index in [1.54, 1.807) is 13.2 Å². The van der Waals surface area contributed by atoms with Gasteiger partial charge in [-0.2, -0.15) is 0 Å². The summed E-state index contributed by atoms with van der Waals surface area (Å²) in [5.74, 6) is 0.0388. The quantitative estimate of drug-likeness (QED) is 0.837. The van der Waals surface area contributed by atoms with Gasteiger partial charge in [0.1, 0.15) is 0 Å². The number of nitrogens with one attached hydrogen (secondary N) is 1. The van der Waals surface area contributed by atoms with Gasteiger partial charge in [0.15, 0.2) is 0 Å². The van der Waals surface area contributed by atoms with E-state index in [4.69, 9.17) is 26.8 Å². The van der Waals surface area contributed by atoms with Gasteiger partial charge in [-0.05, 0) is 36.5 Å². The maximum Gasteiger partial charge on any atom is 0.237 e. The van der Waals surface area contributed by atoms with Crippen LogP contribution in [0.1, 0.15) is 24.5 Å². The molecule has 0 spiro atoms. The Morgan fingerprint density at radius 3 is 2.86 bits per heavy atom. The van der Waals surface area contributed by atoms with Crippen LogP contribution >= 0.6 is 11.6 Å². The largest absolute Gasteiger partial charge is 0.381 e. The van der Waals surface area contributed by atoms with Crippen LogP contribution in [-0.2, 0) is 14.3 Å². The first kappa shape index (κ1) is 17.2. The molecule has 3 N–H and O–H groups in total. The van der Waals surface area contributed by atoms with E-state index in [0.29, 0.717) is 24.8 Å². The smallest absolute Gasteiger partial charge is 0.237 e. The minimum Gasteiger partial charge on any atom is -0.381 e. The van der Waals surface area contributed by atoms with Gasteiger partial charge in [-0.1, -0.05) is 23.7 Å². The molecular formula is C16H23ClN2O3. The Bertz CT molecular complexity index is 492. The molecule has 0 aromatic heterocycles. The van der Waals surface area contributed by atoms with Crippen molar-refractivity contribution in [3.63, 3.8) is 0 Å². The van der Waals surface area contributed by atoms with E-state index in [1.165, 1.54) is 0 Å². The lowest BCUT2D eigenvalue weighted by molar-refractivity contribution is -0.124. The lowest BCUT2D eigenvalue weighted by Gasteiger charge is -2.27. The standard InChI is InChI=1S/C16H23ClN2O3/c1-21-14(12-3-2-4-13(17)9-12)10-19-16(20)15(18)11-5-7-22-8-6-11/h2-4,9,11,14-15H,5-8,10,18H2,1H3,(H,19,20). The average molecular weight is 327 g/mol. The van der Waals surface area contributed by atoms with Crippen molar-refractivity contribution in [3.8, 4) is 0 Å². The van der Waals surface area contributed by atoms with Crippen molar-refractivity contribution in [2.75, 3.05) is 26.9 Å². The molecule has 1 saturated heterocycles. The first-order valence-electron chi connectivity index (χ1n) is 7.51. The predicted octanol–water partition coefficient (Wildman–Crippen LogP) is 1.90. The van der Waals surface area contributed by atoms with Crippen LogP contribution in [0.25, 0.3) is 0 Å². The van der Waals surface area contributed by atoms with Crippen molar-refractivity contribution >= 4 is 17.5 Å². The highest BCUT2D eigenvalue weighted by molar-refractivity contribution is 6.30. The highest BCUT2D eigenvalue weighted by atomic mass is 35.5. The second-order valence-corrected chi connectivity index (χ2v) is 5.94. The summed E-state index contributed by atoms with van der Waals surface area (Å²) in [7, 11) is 1.61. The first-order chi connectivity index (χ1) is 10.6. The van der Waals surface area contributed by atoms with Crippen LogP contribution in [0.2, 0.25) is 5.02 Å². The van der Waals surface area contributed by atoms with Gasteiger partial charge in [0.05, 0.1) is 12.1 Å². The van der Waals surface area contributed by atoms with E-state index < -0.39 is 6.04 Å². The zero-order chi connectivity index (χ0) is 15.9. The lowest BCUT2D eigenvalue weighted by Crippen LogP contribution is -2.48. The summed E-state index contributed by atoms with van der Waals surface area (Å²) < 4.78 is 10.7. The number of halogens is 1. The minimum atomic E-state index is -0.499. The Balaban J connectivity index is 1.88. The van der Waals surface area contributed by atoms with Crippen LogP contribution in [0.15, 0.2) is 24.3 Å². The maximum atomic E-state index is 12.2. The van der Waals surface area contributed by atoms with Crippen molar-refractivity contribution < 1.29 is 14.3 Å². The fraction of sp³-hybridized carbons (Fsp3) is 0.562. The van der Waals surface area contributed by atoms with Crippen molar-refractivity contribution in [1.82, 2.24) is 5.32 Å². The predicted molar refractivity (Wildman–Crippen MR) is 85.7 cm³/mol. The monoisotopic (exact) mass is 326 g/mol. The van der Waals surface area contributed by atoms with E-state index in [2.05, 4.69) is 5.32 Å². The molecule has 5 nitrogen and oxygen atoms in total. The Morgan fingerprint density at radius 1 is 1.50 bits per heavy atom. The van der Waals surface area contributed by atoms with Crippen LogP contribution in [0.4, 0.5) is 0 Å². The van der Waals surface area contributed by atoms with E-state index in [1.807, 2.05) is 18.2 Å². The molecular weight excluding hydrogens is 304 g/mol. The highest BCUT2D eigenvalue weighted by Gasteiger charge is 2.27. The molecule has 6 heteroatoms. The van der Waals surface area contributed by atoms with Crippen molar-refractivity contribution in [1.29, 1.82) is 0 Å². The number of rotatable bonds is 6. The SMILES string of the molecule is COC(CNC(=O)C(N)C1CCOCC1)c1cccc(Cl)c1. The number of carbonyl (C=O) groups is 1. The molecule has 2 atom stereocenters. The third-order valence-electron chi connectivity index (χ3n) is 4.04. The summed E-state index contributed by atoms with van der Waals surface area (Å²) in [5.41, 5.74) is 6.98. The first-order valence-corrected chi connectivity index (χ1v) is 7.89. The number of methoxy groups -OCH3 is 1. The Kier molecular flexibility index (Phi) is 6.64. The number of hydrogen-bond acceptors (Lipinski definition) is 4. The fourth-order valence-electron chi connectivity index (χ4n) is 2.64. The zero-order valence-electron chi connectivity index (χ0n) is 12.8. The number of hydrogen-bond donors (Lipinski definition) is 2. The Morgan fingerprint density at radius 2 is 2.23 bits per heavy atom. The molecule has 0 saturated carbocycles. The van der Waals surface area contributed by atoms with Crippen molar-refractivity contribution in [2.24, 2.45) is 11.7 Å². The van der Waals surface area contributed by atoms with Gasteiger partial charge in [-0.15, -0.1) is 0 Å². The second kappa shape index (κ2) is 8.48. The van der Waals surface area contributed by atoms with Crippen LogP contribution in [0, 0.1) is 5.92 Å². The summed E-state index contributed by atoms with van der Waals surface area (Å²) in [6, 6.07) is 6.92. The molecule has 22 heavy (non-hydrogen) atoms. The van der Waals surface area contributed by atoms with Crippen molar-refractivity contribution in [2.45, 2.75) is 25.0 Å². The molecule has 0 radical (unpaired) electrons. The second-order valence-electron chi connectivity index (χ2n) is 5.50. The minimum absolute atomic E-state index is 0.143. The van der Waals surface area contributed by atoms with E-state index in [-0.39, 0.29) is 17.9 Å². The van der Waals surface area contributed by atoms with Gasteiger partial charge in [-0.25, -0.2) is 0 Å². The van der Waals surface area contributed by atoms with E-state index in [0.717, 1.165) is 18.4 Å². The fourth-order valence-corrected chi connectivity index (χ4v) is 2.84. The third kappa shape index (κ3) is 4.68. The van der Waals surface area contributed by atoms with E-state index >= 15 is 0 Å². The summed E-state index contributed by atoms with van der Waals surface area (Å²) in [4.78, 5) is 12.2. The highest BCUT2D eigenvalue weighted by Crippen LogP contribution is 2.21. The van der Waals surface area contributed by atoms with Crippen LogP contribution in [0.3, 0.4) is 0 Å². The van der Waals surface area contributed by atoms with Gasteiger partial charge < -0.3 is 20.5 Å². The molecule has 2 rings (SSSR count). The molecule has 122 valence electrons. The van der Waals surface area contributed by atoms with Gasteiger partial charge in [-0.3, -0.25) is 4.79 Å². The summed E-state index contributed by atoms with van der Waals surface area (Å²) >= 11 is 5.99. The molecule has 2 unspecified atom stereocenters. The van der Waals surface area contributed by atoms with Crippen molar-refractivity contribution in [3.05, 3.63) is 34.9 Å².